The molecule has 0 aromatic heterocycles. The van der Waals surface area contributed by atoms with E-state index in [1.165, 1.54) is 0 Å². The molecule has 2 aromatic rings. The van der Waals surface area contributed by atoms with E-state index in [1.807, 2.05) is 49.1 Å². The van der Waals surface area contributed by atoms with Crippen LogP contribution in [0.2, 0.25) is 0 Å². The second kappa shape index (κ2) is 14.0. The van der Waals surface area contributed by atoms with E-state index in [-0.39, 0.29) is 25.1 Å². The van der Waals surface area contributed by atoms with Gasteiger partial charge in [-0.3, -0.25) is 14.7 Å². The molecule has 46 heavy (non-hydrogen) atoms. The first-order valence-electron chi connectivity index (χ1n) is 16.7. The highest BCUT2D eigenvalue weighted by Crippen LogP contribution is 2.40. The number of carbonyl (C=O) groups excluding carboxylic acids is 3. The second-order valence-corrected chi connectivity index (χ2v) is 13.2. The van der Waals surface area contributed by atoms with E-state index >= 15 is 0 Å². The van der Waals surface area contributed by atoms with Crippen molar-refractivity contribution < 1.29 is 23.9 Å². The Morgan fingerprint density at radius 2 is 1.72 bits per heavy atom. The van der Waals surface area contributed by atoms with Crippen molar-refractivity contribution in [3.8, 4) is 0 Å². The molecule has 4 aliphatic heterocycles. The minimum Gasteiger partial charge on any atom is -0.445 e. The van der Waals surface area contributed by atoms with E-state index in [9.17, 15) is 14.4 Å². The number of benzene rings is 2. The molecule has 4 aliphatic rings. The van der Waals surface area contributed by atoms with Crippen LogP contribution in [0.5, 0.6) is 0 Å². The number of nitrogen functional groups attached to an aromatic ring is 1. The monoisotopic (exact) mass is 632 g/mol. The first-order chi connectivity index (χ1) is 22.3. The van der Waals surface area contributed by atoms with Crippen LogP contribution in [0.3, 0.4) is 0 Å². The van der Waals surface area contributed by atoms with Gasteiger partial charge in [-0.2, -0.15) is 0 Å². The summed E-state index contributed by atoms with van der Waals surface area (Å²) in [7, 11) is 0. The lowest BCUT2D eigenvalue weighted by atomic mass is 9.84. The molecule has 2 aromatic carbocycles. The third-order valence-electron chi connectivity index (χ3n) is 10.6. The molecule has 4 heterocycles. The molecule has 248 valence electrons. The lowest BCUT2D eigenvalue weighted by Crippen LogP contribution is -2.70. The second-order valence-electron chi connectivity index (χ2n) is 13.2. The van der Waals surface area contributed by atoms with Gasteiger partial charge in [0.05, 0.1) is 13.2 Å². The number of ether oxygens (including phenoxy) is 2. The molecular formula is C35H48N6O5. The number of nitrogens with two attached hydrogens (primary N) is 1. The number of aldehydes is 1. The van der Waals surface area contributed by atoms with Crippen molar-refractivity contribution in [1.82, 2.24) is 19.6 Å². The van der Waals surface area contributed by atoms with Crippen LogP contribution in [-0.2, 0) is 27.3 Å². The number of anilines is 2. The summed E-state index contributed by atoms with van der Waals surface area (Å²) >= 11 is 0. The zero-order chi connectivity index (χ0) is 32.3. The van der Waals surface area contributed by atoms with Crippen LogP contribution < -0.4 is 11.1 Å². The molecule has 0 saturated carbocycles. The van der Waals surface area contributed by atoms with Crippen molar-refractivity contribution in [3.63, 3.8) is 0 Å². The van der Waals surface area contributed by atoms with Gasteiger partial charge in [-0.15, -0.1) is 0 Å². The first kappa shape index (κ1) is 32.3. The lowest BCUT2D eigenvalue weighted by Gasteiger charge is -2.57. The third-order valence-corrected chi connectivity index (χ3v) is 10.6. The van der Waals surface area contributed by atoms with Crippen LogP contribution in [-0.4, -0.2) is 108 Å². The van der Waals surface area contributed by atoms with Crippen molar-refractivity contribution in [3.05, 3.63) is 58.7 Å². The molecular weight excluding hydrogens is 584 g/mol. The predicted molar refractivity (Wildman–Crippen MR) is 177 cm³/mol. The molecule has 0 aliphatic carbocycles. The number of likely N-dealkylation sites (tertiary alicyclic amines) is 2. The number of fused-ring (bicyclic) bond motifs is 1. The van der Waals surface area contributed by atoms with Gasteiger partial charge in [-0.05, 0) is 67.9 Å². The van der Waals surface area contributed by atoms with E-state index in [4.69, 9.17) is 15.2 Å². The highest BCUT2D eigenvalue weighted by molar-refractivity contribution is 5.91. The number of hydrogen-bond acceptors (Lipinski definition) is 8. The highest BCUT2D eigenvalue weighted by atomic mass is 16.6. The number of piperidine rings is 2. The number of amides is 3. The maximum Gasteiger partial charge on any atom is 0.411 e. The molecule has 6 rings (SSSR count). The molecule has 11 heteroatoms. The van der Waals surface area contributed by atoms with Crippen molar-refractivity contribution >= 4 is 29.8 Å². The molecule has 3 fully saturated rings. The smallest absolute Gasteiger partial charge is 0.411 e. The van der Waals surface area contributed by atoms with Gasteiger partial charge in [0.25, 0.3) is 0 Å². The fraction of sp³-hybridized carbons (Fsp3) is 0.571. The maximum absolute atomic E-state index is 14.0. The number of nitrogens with zero attached hydrogens (tertiary/aromatic N) is 4. The number of aryl methyl sites for hydroxylation is 2. The molecule has 0 bridgehead atoms. The van der Waals surface area contributed by atoms with Gasteiger partial charge in [0.1, 0.15) is 18.6 Å². The molecule has 3 saturated heterocycles. The normalized spacial score (nSPS) is 25.0. The molecule has 2 atom stereocenters. The van der Waals surface area contributed by atoms with E-state index in [0.29, 0.717) is 32.0 Å². The largest absolute Gasteiger partial charge is 0.445 e. The molecule has 3 amide bonds. The highest BCUT2D eigenvalue weighted by Gasteiger charge is 2.52. The number of urea groups is 1. The number of morpholine rings is 1. The Kier molecular flexibility index (Phi) is 9.81. The van der Waals surface area contributed by atoms with Crippen LogP contribution in [0.25, 0.3) is 0 Å². The fourth-order valence-corrected chi connectivity index (χ4v) is 8.06. The predicted octanol–water partition coefficient (Wildman–Crippen LogP) is 4.16. The Bertz CT molecular complexity index is 1400. The molecule has 0 unspecified atom stereocenters. The summed E-state index contributed by atoms with van der Waals surface area (Å²) in [6.45, 7) is 9.85. The minimum absolute atomic E-state index is 0.115. The molecule has 11 nitrogen and oxygen atoms in total. The molecule has 0 spiro atoms. The van der Waals surface area contributed by atoms with Gasteiger partial charge >= 0.3 is 12.1 Å². The van der Waals surface area contributed by atoms with Gasteiger partial charge in [-0.25, -0.2) is 9.59 Å². The Hall–Kier alpha value is -3.67. The van der Waals surface area contributed by atoms with Gasteiger partial charge in [0.15, 0.2) is 0 Å². The standard InChI is InChI=1S/C35H48N6O5/c1-25-21-27(22-26(2)32(25)36)24-46-34(44)41-15-10-30(40-14-7-28-5-3-4-6-31(28)37-33(40)43)23-35(41,11-18-42)39-12-8-29(9-13-39)38-16-19-45-20-17-38/h3-6,18,21-22,29-30H,7-17,19-20,23-24,36H2,1-2H3,(H,37,43)/t30-,35+/m1/s1. The SMILES string of the molecule is Cc1cc(COC(=O)N2CC[C@@H](N3CCc4ccccc4NC3=O)C[C@@]2(CC=O)N2CCC(N3CCOCC3)CC2)cc(C)c1N. The van der Waals surface area contributed by atoms with Gasteiger partial charge in [0.2, 0.25) is 0 Å². The van der Waals surface area contributed by atoms with Gasteiger partial charge in [-0.1, -0.05) is 30.3 Å². The van der Waals surface area contributed by atoms with Crippen LogP contribution >= 0.6 is 0 Å². The van der Waals surface area contributed by atoms with Gasteiger partial charge < -0.3 is 30.2 Å². The number of carbonyl (C=O) groups is 3. The van der Waals surface area contributed by atoms with Crippen LogP contribution in [0, 0.1) is 13.8 Å². The van der Waals surface area contributed by atoms with Crippen molar-refractivity contribution in [1.29, 1.82) is 0 Å². The van der Waals surface area contributed by atoms with E-state index in [1.54, 1.807) is 4.90 Å². The molecule has 0 radical (unpaired) electrons. The average Bonchev–Trinajstić information content (AvgIpc) is 3.24. The topological polar surface area (TPSA) is 121 Å². The zero-order valence-electron chi connectivity index (χ0n) is 27.2. The van der Waals surface area contributed by atoms with Crippen molar-refractivity contribution in [2.75, 3.05) is 63.5 Å². The third kappa shape index (κ3) is 6.59. The maximum atomic E-state index is 14.0. The number of nitrogens with one attached hydrogen (secondary N) is 1. The van der Waals surface area contributed by atoms with Crippen molar-refractivity contribution in [2.45, 2.75) is 76.7 Å². The Morgan fingerprint density at radius 3 is 2.43 bits per heavy atom. The summed E-state index contributed by atoms with van der Waals surface area (Å²) in [5, 5.41) is 3.11. The zero-order valence-corrected chi connectivity index (χ0v) is 27.2. The summed E-state index contributed by atoms with van der Waals surface area (Å²) in [6, 6.07) is 12.0. The number of rotatable bonds is 7. The van der Waals surface area contributed by atoms with E-state index in [2.05, 4.69) is 21.2 Å². The Labute approximate surface area is 271 Å². The summed E-state index contributed by atoms with van der Waals surface area (Å²) in [5.74, 6) is 0. The fourth-order valence-electron chi connectivity index (χ4n) is 8.06. The Morgan fingerprint density at radius 1 is 1.02 bits per heavy atom. The average molecular weight is 633 g/mol. The number of hydrogen-bond donors (Lipinski definition) is 2. The van der Waals surface area contributed by atoms with Crippen LogP contribution in [0.15, 0.2) is 36.4 Å². The minimum atomic E-state index is -0.899. The summed E-state index contributed by atoms with van der Waals surface area (Å²) in [6.07, 6.45) is 4.35. The van der Waals surface area contributed by atoms with Crippen LogP contribution in [0.4, 0.5) is 21.0 Å². The quantitative estimate of drug-likeness (QED) is 0.345. The summed E-state index contributed by atoms with van der Waals surface area (Å²) < 4.78 is 11.6. The van der Waals surface area contributed by atoms with E-state index in [0.717, 1.165) is 98.6 Å². The van der Waals surface area contributed by atoms with Crippen LogP contribution in [0.1, 0.15) is 54.4 Å². The van der Waals surface area contributed by atoms with Gasteiger partial charge in [0, 0.05) is 75.6 Å². The number of para-hydroxylation sites is 1. The lowest BCUT2D eigenvalue weighted by molar-refractivity contribution is -0.129. The summed E-state index contributed by atoms with van der Waals surface area (Å²) in [5.41, 5.74) is 10.7. The summed E-state index contributed by atoms with van der Waals surface area (Å²) in [4.78, 5) is 48.7. The van der Waals surface area contributed by atoms with Crippen molar-refractivity contribution in [2.24, 2.45) is 0 Å². The Balaban J connectivity index is 1.24. The molecule has 3 N–H and O–H groups in total. The first-order valence-corrected chi connectivity index (χ1v) is 16.7. The van der Waals surface area contributed by atoms with E-state index < -0.39 is 11.8 Å².